The van der Waals surface area contributed by atoms with E-state index in [1.807, 2.05) is 18.2 Å². The highest BCUT2D eigenvalue weighted by Gasteiger charge is 2.22. The van der Waals surface area contributed by atoms with Crippen molar-refractivity contribution in [1.29, 1.82) is 0 Å². The molecule has 1 aliphatic heterocycles. The number of halogens is 1. The maximum absolute atomic E-state index is 6.06. The van der Waals surface area contributed by atoms with Crippen LogP contribution in [0.3, 0.4) is 0 Å². The number of hydrogen-bond donors (Lipinski definition) is 1. The first kappa shape index (κ1) is 12.5. The third-order valence-electron chi connectivity index (χ3n) is 3.65. The maximum Gasteiger partial charge on any atom is 0.0741 e. The molecule has 0 aliphatic carbocycles. The van der Waals surface area contributed by atoms with E-state index in [2.05, 4.69) is 23.9 Å². The third kappa shape index (κ3) is 2.67. The van der Waals surface area contributed by atoms with Crippen LogP contribution in [0.4, 0.5) is 11.4 Å². The van der Waals surface area contributed by atoms with Crippen LogP contribution in [0.5, 0.6) is 0 Å². The first-order valence-corrected chi connectivity index (χ1v) is 6.42. The summed E-state index contributed by atoms with van der Waals surface area (Å²) in [5.74, 6) is 0. The van der Waals surface area contributed by atoms with Crippen molar-refractivity contribution < 1.29 is 0 Å². The Balaban J connectivity index is 2.14. The van der Waals surface area contributed by atoms with Crippen LogP contribution in [0.1, 0.15) is 12.8 Å². The van der Waals surface area contributed by atoms with E-state index in [0.717, 1.165) is 18.8 Å². The molecule has 0 spiro atoms. The molecule has 2 rings (SSSR count). The molecule has 0 saturated carbocycles. The van der Waals surface area contributed by atoms with Crippen molar-refractivity contribution in [2.24, 2.45) is 0 Å². The van der Waals surface area contributed by atoms with Gasteiger partial charge >= 0.3 is 0 Å². The summed E-state index contributed by atoms with van der Waals surface area (Å²) >= 11 is 6.06. The summed E-state index contributed by atoms with van der Waals surface area (Å²) in [5.41, 5.74) is 7.77. The molecule has 4 heteroatoms. The lowest BCUT2D eigenvalue weighted by Crippen LogP contribution is -2.42. The predicted molar refractivity (Wildman–Crippen MR) is 74.8 cm³/mol. The van der Waals surface area contributed by atoms with Gasteiger partial charge in [-0.25, -0.2) is 0 Å². The molecule has 94 valence electrons. The van der Waals surface area contributed by atoms with Crippen molar-refractivity contribution in [2.45, 2.75) is 18.9 Å². The summed E-state index contributed by atoms with van der Waals surface area (Å²) in [5, 5.41) is 0.641. The average Bonchev–Trinajstić information content (AvgIpc) is 2.33. The fourth-order valence-corrected chi connectivity index (χ4v) is 2.58. The first-order valence-electron chi connectivity index (χ1n) is 6.05. The van der Waals surface area contributed by atoms with Gasteiger partial charge in [0.15, 0.2) is 0 Å². The SMILES string of the molecule is CN1CCC(N(C)c2cccc(Cl)c2N)CC1. The van der Waals surface area contributed by atoms with Gasteiger partial charge in [0.1, 0.15) is 0 Å². The molecule has 0 aromatic heterocycles. The highest BCUT2D eigenvalue weighted by Crippen LogP contribution is 2.32. The van der Waals surface area contributed by atoms with Crippen molar-refractivity contribution in [3.8, 4) is 0 Å². The lowest BCUT2D eigenvalue weighted by Gasteiger charge is -2.37. The van der Waals surface area contributed by atoms with Gasteiger partial charge in [0.05, 0.1) is 16.4 Å². The number of nitrogens with zero attached hydrogens (tertiary/aromatic N) is 2. The highest BCUT2D eigenvalue weighted by molar-refractivity contribution is 6.33. The molecule has 0 radical (unpaired) electrons. The van der Waals surface area contributed by atoms with Crippen molar-refractivity contribution in [3.05, 3.63) is 23.2 Å². The van der Waals surface area contributed by atoms with Crippen molar-refractivity contribution in [1.82, 2.24) is 4.90 Å². The van der Waals surface area contributed by atoms with Gasteiger partial charge in [-0.3, -0.25) is 0 Å². The maximum atomic E-state index is 6.06. The number of anilines is 2. The Hall–Kier alpha value is -0.930. The van der Waals surface area contributed by atoms with E-state index >= 15 is 0 Å². The van der Waals surface area contributed by atoms with Crippen LogP contribution in [0.25, 0.3) is 0 Å². The molecule has 1 saturated heterocycles. The lowest BCUT2D eigenvalue weighted by atomic mass is 10.0. The minimum atomic E-state index is 0.562. The van der Waals surface area contributed by atoms with Gasteiger partial charge in [0.25, 0.3) is 0 Å². The number of benzene rings is 1. The number of piperidine rings is 1. The lowest BCUT2D eigenvalue weighted by molar-refractivity contribution is 0.253. The van der Waals surface area contributed by atoms with Crippen LogP contribution in [0.2, 0.25) is 5.02 Å². The minimum absolute atomic E-state index is 0.562. The van der Waals surface area contributed by atoms with E-state index in [-0.39, 0.29) is 0 Å². The Labute approximate surface area is 108 Å². The minimum Gasteiger partial charge on any atom is -0.396 e. The zero-order valence-electron chi connectivity index (χ0n) is 10.5. The molecule has 2 N–H and O–H groups in total. The standard InChI is InChI=1S/C13H20ClN3/c1-16-8-6-10(7-9-16)17(2)12-5-3-4-11(14)13(12)15/h3-5,10H,6-9,15H2,1-2H3. The Kier molecular flexibility index (Phi) is 3.79. The smallest absolute Gasteiger partial charge is 0.0741 e. The molecular formula is C13H20ClN3. The zero-order chi connectivity index (χ0) is 12.4. The van der Waals surface area contributed by atoms with Gasteiger partial charge in [-0.15, -0.1) is 0 Å². The molecule has 17 heavy (non-hydrogen) atoms. The largest absolute Gasteiger partial charge is 0.396 e. The topological polar surface area (TPSA) is 32.5 Å². The summed E-state index contributed by atoms with van der Waals surface area (Å²) in [7, 11) is 4.28. The Morgan fingerprint density at radius 1 is 1.35 bits per heavy atom. The summed E-state index contributed by atoms with van der Waals surface area (Å²) in [6.45, 7) is 2.30. The molecule has 0 atom stereocenters. The van der Waals surface area contributed by atoms with Gasteiger partial charge in [-0.2, -0.15) is 0 Å². The van der Waals surface area contributed by atoms with Crippen molar-refractivity contribution in [2.75, 3.05) is 37.8 Å². The van der Waals surface area contributed by atoms with Crippen LogP contribution in [0, 0.1) is 0 Å². The van der Waals surface area contributed by atoms with E-state index in [9.17, 15) is 0 Å². The van der Waals surface area contributed by atoms with E-state index < -0.39 is 0 Å². The fourth-order valence-electron chi connectivity index (χ4n) is 2.41. The highest BCUT2D eigenvalue weighted by atomic mass is 35.5. The summed E-state index contributed by atoms with van der Waals surface area (Å²) < 4.78 is 0. The molecule has 0 unspecified atom stereocenters. The molecule has 1 heterocycles. The van der Waals surface area contributed by atoms with Crippen molar-refractivity contribution >= 4 is 23.0 Å². The molecule has 0 amide bonds. The second kappa shape index (κ2) is 5.15. The molecular weight excluding hydrogens is 234 g/mol. The van der Waals surface area contributed by atoms with Gasteiger partial charge in [-0.1, -0.05) is 17.7 Å². The summed E-state index contributed by atoms with van der Waals surface area (Å²) in [4.78, 5) is 4.64. The van der Waals surface area contributed by atoms with E-state index in [1.165, 1.54) is 12.8 Å². The number of hydrogen-bond acceptors (Lipinski definition) is 3. The first-order chi connectivity index (χ1) is 8.09. The number of nitrogens with two attached hydrogens (primary N) is 1. The number of nitrogen functional groups attached to an aromatic ring is 1. The quantitative estimate of drug-likeness (QED) is 0.822. The van der Waals surface area contributed by atoms with Gasteiger partial charge in [0, 0.05) is 13.1 Å². The Morgan fingerprint density at radius 3 is 2.65 bits per heavy atom. The molecule has 1 fully saturated rings. The van der Waals surface area contributed by atoms with E-state index in [0.29, 0.717) is 16.8 Å². The fraction of sp³-hybridized carbons (Fsp3) is 0.538. The second-order valence-electron chi connectivity index (χ2n) is 4.82. The third-order valence-corrected chi connectivity index (χ3v) is 3.98. The molecule has 3 nitrogen and oxygen atoms in total. The van der Waals surface area contributed by atoms with E-state index in [1.54, 1.807) is 0 Å². The van der Waals surface area contributed by atoms with E-state index in [4.69, 9.17) is 17.3 Å². The van der Waals surface area contributed by atoms with Crippen LogP contribution in [-0.4, -0.2) is 38.1 Å². The molecule has 1 aromatic carbocycles. The second-order valence-corrected chi connectivity index (χ2v) is 5.23. The predicted octanol–water partition coefficient (Wildman–Crippen LogP) is 2.45. The van der Waals surface area contributed by atoms with Crippen LogP contribution in [0.15, 0.2) is 18.2 Å². The van der Waals surface area contributed by atoms with Gasteiger partial charge in [0.2, 0.25) is 0 Å². The normalized spacial score (nSPS) is 18.3. The monoisotopic (exact) mass is 253 g/mol. The molecule has 1 aliphatic rings. The number of likely N-dealkylation sites (tertiary alicyclic amines) is 1. The van der Waals surface area contributed by atoms with Crippen LogP contribution in [-0.2, 0) is 0 Å². The number of rotatable bonds is 2. The van der Waals surface area contributed by atoms with Gasteiger partial charge < -0.3 is 15.5 Å². The Morgan fingerprint density at radius 2 is 2.00 bits per heavy atom. The Bertz CT molecular complexity index is 386. The number of para-hydroxylation sites is 1. The van der Waals surface area contributed by atoms with Crippen molar-refractivity contribution in [3.63, 3.8) is 0 Å². The average molecular weight is 254 g/mol. The van der Waals surface area contributed by atoms with Crippen LogP contribution >= 0.6 is 11.6 Å². The molecule has 1 aromatic rings. The summed E-state index contributed by atoms with van der Waals surface area (Å²) in [6, 6.07) is 6.40. The van der Waals surface area contributed by atoms with Crippen LogP contribution < -0.4 is 10.6 Å². The summed E-state index contributed by atoms with van der Waals surface area (Å²) in [6.07, 6.45) is 2.36. The zero-order valence-corrected chi connectivity index (χ0v) is 11.2. The van der Waals surface area contributed by atoms with Gasteiger partial charge in [-0.05, 0) is 45.1 Å². The molecule has 0 bridgehead atoms.